The van der Waals surface area contributed by atoms with Crippen molar-refractivity contribution in [2.75, 3.05) is 7.05 Å². The van der Waals surface area contributed by atoms with Gasteiger partial charge in [-0.2, -0.15) is 0 Å². The summed E-state index contributed by atoms with van der Waals surface area (Å²) in [5.41, 5.74) is 2.03. The zero-order valence-electron chi connectivity index (χ0n) is 11.1. The van der Waals surface area contributed by atoms with Crippen LogP contribution in [0.2, 0.25) is 5.02 Å². The van der Waals surface area contributed by atoms with Crippen molar-refractivity contribution >= 4 is 33.4 Å². The first-order valence-electron chi connectivity index (χ1n) is 6.27. The third-order valence-electron chi connectivity index (χ3n) is 2.98. The maximum Gasteiger partial charge on any atom is 0.227 e. The van der Waals surface area contributed by atoms with E-state index in [1.165, 1.54) is 0 Å². The number of carbonyl (C=O) groups excluding carboxylic acids is 1. The molecule has 0 saturated heterocycles. The normalized spacial score (nSPS) is 10.3. The second-order valence-electron chi connectivity index (χ2n) is 4.69. The molecule has 0 aliphatic carbocycles. The minimum atomic E-state index is 0.0762. The van der Waals surface area contributed by atoms with Crippen molar-refractivity contribution < 1.29 is 4.79 Å². The Morgan fingerprint density at radius 2 is 1.85 bits per heavy atom. The molecule has 0 spiro atoms. The maximum atomic E-state index is 12.2. The summed E-state index contributed by atoms with van der Waals surface area (Å²) in [6.07, 6.45) is 0.366. The van der Waals surface area contributed by atoms with Crippen LogP contribution in [-0.4, -0.2) is 17.9 Å². The Balaban J connectivity index is 1.98. The van der Waals surface area contributed by atoms with Crippen LogP contribution in [0.3, 0.4) is 0 Å². The Bertz CT molecular complexity index is 615. The minimum absolute atomic E-state index is 0.0762. The van der Waals surface area contributed by atoms with Gasteiger partial charge in [-0.1, -0.05) is 51.8 Å². The van der Waals surface area contributed by atoms with Crippen molar-refractivity contribution in [3.8, 4) is 0 Å². The van der Waals surface area contributed by atoms with Gasteiger partial charge in [0, 0.05) is 23.1 Å². The molecule has 2 nitrogen and oxygen atoms in total. The van der Waals surface area contributed by atoms with Crippen LogP contribution in [0, 0.1) is 0 Å². The zero-order chi connectivity index (χ0) is 14.5. The van der Waals surface area contributed by atoms with E-state index < -0.39 is 0 Å². The van der Waals surface area contributed by atoms with E-state index in [0.29, 0.717) is 18.0 Å². The van der Waals surface area contributed by atoms with Crippen LogP contribution in [-0.2, 0) is 17.8 Å². The fourth-order valence-corrected chi connectivity index (χ4v) is 2.61. The lowest BCUT2D eigenvalue weighted by molar-refractivity contribution is -0.129. The van der Waals surface area contributed by atoms with Crippen LogP contribution in [0.15, 0.2) is 53.0 Å². The Labute approximate surface area is 132 Å². The quantitative estimate of drug-likeness (QED) is 0.803. The Hall–Kier alpha value is -1.32. The van der Waals surface area contributed by atoms with Crippen molar-refractivity contribution in [1.82, 2.24) is 4.90 Å². The number of hydrogen-bond acceptors (Lipinski definition) is 1. The number of carbonyl (C=O) groups is 1. The fraction of sp³-hybridized carbons (Fsp3) is 0.188. The smallest absolute Gasteiger partial charge is 0.227 e. The topological polar surface area (TPSA) is 20.3 Å². The summed E-state index contributed by atoms with van der Waals surface area (Å²) in [5.74, 6) is 0.0762. The number of nitrogens with zero attached hydrogens (tertiary/aromatic N) is 1. The lowest BCUT2D eigenvalue weighted by Gasteiger charge is -2.17. The lowest BCUT2D eigenvalue weighted by Crippen LogP contribution is -2.27. The molecule has 20 heavy (non-hydrogen) atoms. The number of amides is 1. The van der Waals surface area contributed by atoms with Crippen LogP contribution in [0.25, 0.3) is 0 Å². The molecular weight excluding hydrogens is 338 g/mol. The third-order valence-corrected chi connectivity index (χ3v) is 3.71. The predicted molar refractivity (Wildman–Crippen MR) is 85.8 cm³/mol. The van der Waals surface area contributed by atoms with Crippen LogP contribution in [0.1, 0.15) is 11.1 Å². The molecular formula is C16H15BrClNO. The van der Waals surface area contributed by atoms with E-state index in [0.717, 1.165) is 15.6 Å². The van der Waals surface area contributed by atoms with E-state index in [2.05, 4.69) is 15.9 Å². The van der Waals surface area contributed by atoms with Crippen LogP contribution in [0.5, 0.6) is 0 Å². The van der Waals surface area contributed by atoms with Crippen LogP contribution >= 0.6 is 27.5 Å². The molecule has 2 aromatic carbocycles. The fourth-order valence-electron chi connectivity index (χ4n) is 1.95. The molecule has 0 radical (unpaired) electrons. The van der Waals surface area contributed by atoms with E-state index in [9.17, 15) is 4.79 Å². The Kier molecular flexibility index (Phi) is 5.21. The van der Waals surface area contributed by atoms with Gasteiger partial charge in [0.05, 0.1) is 6.42 Å². The van der Waals surface area contributed by atoms with Crippen molar-refractivity contribution in [3.05, 3.63) is 69.2 Å². The number of halogens is 2. The molecule has 0 bridgehead atoms. The highest BCUT2D eigenvalue weighted by Crippen LogP contribution is 2.15. The van der Waals surface area contributed by atoms with Gasteiger partial charge in [0.15, 0.2) is 0 Å². The van der Waals surface area contributed by atoms with Gasteiger partial charge >= 0.3 is 0 Å². The first kappa shape index (κ1) is 15.1. The maximum absolute atomic E-state index is 12.2. The summed E-state index contributed by atoms with van der Waals surface area (Å²) < 4.78 is 1.02. The average Bonchev–Trinajstić information content (AvgIpc) is 2.38. The van der Waals surface area contributed by atoms with Crippen molar-refractivity contribution in [1.29, 1.82) is 0 Å². The Morgan fingerprint density at radius 1 is 1.15 bits per heavy atom. The summed E-state index contributed by atoms with van der Waals surface area (Å²) in [7, 11) is 1.81. The summed E-state index contributed by atoms with van der Waals surface area (Å²) >= 11 is 9.36. The molecule has 0 aliphatic rings. The molecule has 0 atom stereocenters. The highest BCUT2D eigenvalue weighted by atomic mass is 79.9. The van der Waals surface area contributed by atoms with Gasteiger partial charge in [-0.15, -0.1) is 0 Å². The lowest BCUT2D eigenvalue weighted by atomic mass is 10.1. The van der Waals surface area contributed by atoms with E-state index in [4.69, 9.17) is 11.6 Å². The standard InChI is InChI=1S/C16H15BrClNO/c1-19(11-13-5-2-6-14(17)8-13)16(20)10-12-4-3-7-15(18)9-12/h2-9H,10-11H2,1H3. The van der Waals surface area contributed by atoms with Gasteiger partial charge in [0.2, 0.25) is 5.91 Å². The first-order valence-corrected chi connectivity index (χ1v) is 7.44. The Morgan fingerprint density at radius 3 is 2.55 bits per heavy atom. The van der Waals surface area contributed by atoms with Crippen molar-refractivity contribution in [2.24, 2.45) is 0 Å². The van der Waals surface area contributed by atoms with Gasteiger partial charge in [0.25, 0.3) is 0 Å². The van der Waals surface area contributed by atoms with E-state index >= 15 is 0 Å². The SMILES string of the molecule is CN(Cc1cccc(Br)c1)C(=O)Cc1cccc(Cl)c1. The van der Waals surface area contributed by atoms with E-state index in [1.807, 2.05) is 49.5 Å². The van der Waals surface area contributed by atoms with Crippen molar-refractivity contribution in [2.45, 2.75) is 13.0 Å². The first-order chi connectivity index (χ1) is 9.54. The van der Waals surface area contributed by atoms with Gasteiger partial charge in [-0.05, 0) is 35.4 Å². The molecule has 4 heteroatoms. The van der Waals surface area contributed by atoms with Gasteiger partial charge in [0.1, 0.15) is 0 Å². The van der Waals surface area contributed by atoms with Crippen LogP contribution in [0.4, 0.5) is 0 Å². The minimum Gasteiger partial charge on any atom is -0.341 e. The largest absolute Gasteiger partial charge is 0.341 e. The molecule has 0 fully saturated rings. The number of likely N-dealkylation sites (N-methyl/N-ethyl adjacent to an activating group) is 1. The summed E-state index contributed by atoms with van der Waals surface area (Å²) in [4.78, 5) is 13.9. The van der Waals surface area contributed by atoms with Gasteiger partial charge < -0.3 is 4.90 Å². The predicted octanol–water partition coefficient (Wildman–Crippen LogP) is 4.30. The van der Waals surface area contributed by atoms with Crippen LogP contribution < -0.4 is 0 Å². The van der Waals surface area contributed by atoms with E-state index in [-0.39, 0.29) is 5.91 Å². The molecule has 1 amide bonds. The molecule has 104 valence electrons. The molecule has 0 saturated carbocycles. The second kappa shape index (κ2) is 6.91. The summed E-state index contributed by atoms with van der Waals surface area (Å²) in [6.45, 7) is 0.596. The molecule has 2 rings (SSSR count). The summed E-state index contributed by atoms with van der Waals surface area (Å²) in [6, 6.07) is 15.4. The molecule has 0 aliphatic heterocycles. The molecule has 0 heterocycles. The number of hydrogen-bond donors (Lipinski definition) is 0. The number of benzene rings is 2. The summed E-state index contributed by atoms with van der Waals surface area (Å²) in [5, 5.41) is 0.657. The number of rotatable bonds is 4. The third kappa shape index (κ3) is 4.36. The van der Waals surface area contributed by atoms with E-state index in [1.54, 1.807) is 11.0 Å². The van der Waals surface area contributed by atoms with Gasteiger partial charge in [-0.3, -0.25) is 4.79 Å². The second-order valence-corrected chi connectivity index (χ2v) is 6.04. The highest BCUT2D eigenvalue weighted by Gasteiger charge is 2.10. The zero-order valence-corrected chi connectivity index (χ0v) is 13.5. The van der Waals surface area contributed by atoms with Gasteiger partial charge in [-0.25, -0.2) is 0 Å². The average molecular weight is 353 g/mol. The monoisotopic (exact) mass is 351 g/mol. The molecule has 0 N–H and O–H groups in total. The molecule has 2 aromatic rings. The molecule has 0 unspecified atom stereocenters. The van der Waals surface area contributed by atoms with Crippen molar-refractivity contribution in [3.63, 3.8) is 0 Å². The molecule has 0 aromatic heterocycles. The highest BCUT2D eigenvalue weighted by molar-refractivity contribution is 9.10.